The van der Waals surface area contributed by atoms with Gasteiger partial charge in [-0.25, -0.2) is 0 Å². The van der Waals surface area contributed by atoms with E-state index in [4.69, 9.17) is 13.7 Å². The topological polar surface area (TPSA) is 61.8 Å². The summed E-state index contributed by atoms with van der Waals surface area (Å²) in [6, 6.07) is 10.3. The van der Waals surface area contributed by atoms with Crippen LogP contribution in [0.2, 0.25) is 0 Å². The predicted molar refractivity (Wildman–Crippen MR) is 86.6 cm³/mol. The highest BCUT2D eigenvalue weighted by Gasteiger charge is 2.46. The van der Waals surface area contributed by atoms with Gasteiger partial charge in [0.05, 0.1) is 26.1 Å². The molecule has 1 spiro atoms. The molecule has 1 heterocycles. The summed E-state index contributed by atoms with van der Waals surface area (Å²) in [5.41, 5.74) is 1.16. The van der Waals surface area contributed by atoms with Crippen LogP contribution >= 0.6 is 0 Å². The molecule has 0 N–H and O–H groups in total. The number of hydrogen-bond donors (Lipinski definition) is 0. The van der Waals surface area contributed by atoms with Crippen molar-refractivity contribution in [2.75, 3.05) is 26.1 Å². The molecule has 1 aromatic rings. The lowest BCUT2D eigenvalue weighted by atomic mass is 9.66. The quantitative estimate of drug-likeness (QED) is 0.771. The maximum atomic E-state index is 11.3. The van der Waals surface area contributed by atoms with E-state index in [2.05, 4.69) is 12.1 Å². The van der Waals surface area contributed by atoms with Gasteiger partial charge in [-0.3, -0.25) is 4.18 Å². The minimum atomic E-state index is -3.41. The lowest BCUT2D eigenvalue weighted by Gasteiger charge is -2.44. The van der Waals surface area contributed by atoms with Crippen LogP contribution in [0.25, 0.3) is 0 Å². The van der Waals surface area contributed by atoms with Crippen molar-refractivity contribution in [3.05, 3.63) is 35.9 Å². The molecule has 0 aromatic heterocycles. The Hall–Kier alpha value is -0.950. The highest BCUT2D eigenvalue weighted by atomic mass is 32.2. The van der Waals surface area contributed by atoms with E-state index in [1.807, 2.05) is 18.2 Å². The molecule has 2 fully saturated rings. The highest BCUT2D eigenvalue weighted by Crippen LogP contribution is 2.48. The Labute approximate surface area is 138 Å². The van der Waals surface area contributed by atoms with E-state index in [1.165, 1.54) is 5.56 Å². The number of ether oxygens (including phenoxy) is 2. The first-order valence-corrected chi connectivity index (χ1v) is 9.93. The average Bonchev–Trinajstić information content (AvgIpc) is 2.98. The van der Waals surface area contributed by atoms with Gasteiger partial charge in [0.15, 0.2) is 5.79 Å². The third kappa shape index (κ3) is 3.94. The number of hydrogen-bond acceptors (Lipinski definition) is 5. The Bertz CT molecular complexity index is 610. The van der Waals surface area contributed by atoms with Crippen LogP contribution in [0.5, 0.6) is 0 Å². The molecule has 23 heavy (non-hydrogen) atoms. The van der Waals surface area contributed by atoms with Gasteiger partial charge < -0.3 is 9.47 Å². The molecular weight excluding hydrogens is 316 g/mol. The molecule has 2 aliphatic rings. The van der Waals surface area contributed by atoms with Crippen LogP contribution in [0.1, 0.15) is 37.7 Å². The largest absolute Gasteiger partial charge is 0.348 e. The molecule has 0 amide bonds. The normalized spacial score (nSPS) is 23.2. The lowest BCUT2D eigenvalue weighted by molar-refractivity contribution is -0.185. The molecule has 1 saturated heterocycles. The third-order valence-electron chi connectivity index (χ3n) is 5.05. The second kappa shape index (κ2) is 6.51. The molecule has 1 aliphatic carbocycles. The monoisotopic (exact) mass is 340 g/mol. The van der Waals surface area contributed by atoms with Crippen molar-refractivity contribution in [3.8, 4) is 0 Å². The van der Waals surface area contributed by atoms with Gasteiger partial charge in [0.1, 0.15) is 0 Å². The van der Waals surface area contributed by atoms with E-state index in [1.54, 1.807) is 0 Å². The van der Waals surface area contributed by atoms with Crippen molar-refractivity contribution in [3.63, 3.8) is 0 Å². The van der Waals surface area contributed by atoms with Gasteiger partial charge >= 0.3 is 0 Å². The van der Waals surface area contributed by atoms with Crippen molar-refractivity contribution in [1.82, 2.24) is 0 Å². The van der Waals surface area contributed by atoms with Crippen LogP contribution in [-0.2, 0) is 29.2 Å². The molecule has 0 bridgehead atoms. The second-order valence-corrected chi connectivity index (χ2v) is 8.17. The molecule has 1 saturated carbocycles. The predicted octanol–water partition coefficient (Wildman–Crippen LogP) is 2.61. The molecule has 0 unspecified atom stereocenters. The van der Waals surface area contributed by atoms with Crippen LogP contribution in [0.3, 0.4) is 0 Å². The van der Waals surface area contributed by atoms with Crippen LogP contribution in [0.4, 0.5) is 0 Å². The van der Waals surface area contributed by atoms with Crippen LogP contribution in [0.15, 0.2) is 30.3 Å². The van der Waals surface area contributed by atoms with Gasteiger partial charge in [-0.15, -0.1) is 0 Å². The summed E-state index contributed by atoms with van der Waals surface area (Å²) in [4.78, 5) is 0. The summed E-state index contributed by atoms with van der Waals surface area (Å²) in [7, 11) is -3.41. The standard InChI is InChI=1S/C17H24O5S/c1-23(18,19)22-12-11-16(15-5-3-2-4-6-15)7-9-17(10-8-16)20-13-14-21-17/h2-6H,7-14H2,1H3. The minimum Gasteiger partial charge on any atom is -0.348 e. The van der Waals surface area contributed by atoms with Gasteiger partial charge in [-0.2, -0.15) is 8.42 Å². The van der Waals surface area contributed by atoms with E-state index >= 15 is 0 Å². The molecule has 0 atom stereocenters. The van der Waals surface area contributed by atoms with Crippen molar-refractivity contribution in [2.45, 2.75) is 43.3 Å². The molecular formula is C17H24O5S. The summed E-state index contributed by atoms with van der Waals surface area (Å²) in [6.07, 6.45) is 5.26. The van der Waals surface area contributed by atoms with Gasteiger partial charge in [0, 0.05) is 12.8 Å². The summed E-state index contributed by atoms with van der Waals surface area (Å²) in [5, 5.41) is 0. The summed E-state index contributed by atoms with van der Waals surface area (Å²) < 4.78 is 39.2. The Kier molecular flexibility index (Phi) is 4.78. The number of benzene rings is 1. The molecule has 128 valence electrons. The number of rotatable bonds is 5. The first-order valence-electron chi connectivity index (χ1n) is 8.11. The molecule has 0 radical (unpaired) electrons. The Morgan fingerprint density at radius 3 is 2.22 bits per heavy atom. The Morgan fingerprint density at radius 1 is 1.04 bits per heavy atom. The maximum absolute atomic E-state index is 11.3. The van der Waals surface area contributed by atoms with Crippen LogP contribution < -0.4 is 0 Å². The fourth-order valence-corrected chi connectivity index (χ4v) is 4.14. The first-order chi connectivity index (χ1) is 10.9. The van der Waals surface area contributed by atoms with Crippen molar-refractivity contribution < 1.29 is 22.1 Å². The minimum absolute atomic E-state index is 0.0769. The fourth-order valence-electron chi connectivity index (χ4n) is 3.76. The van der Waals surface area contributed by atoms with Gasteiger partial charge in [0.2, 0.25) is 0 Å². The summed E-state index contributed by atoms with van der Waals surface area (Å²) in [5.74, 6) is -0.421. The second-order valence-electron chi connectivity index (χ2n) is 6.53. The lowest BCUT2D eigenvalue weighted by Crippen LogP contribution is -2.42. The van der Waals surface area contributed by atoms with Crippen molar-refractivity contribution in [2.24, 2.45) is 0 Å². The van der Waals surface area contributed by atoms with Crippen LogP contribution in [-0.4, -0.2) is 40.3 Å². The first kappa shape index (κ1) is 16.9. The van der Waals surface area contributed by atoms with E-state index < -0.39 is 15.9 Å². The molecule has 5 nitrogen and oxygen atoms in total. The zero-order valence-corrected chi connectivity index (χ0v) is 14.3. The van der Waals surface area contributed by atoms with Gasteiger partial charge in [-0.1, -0.05) is 30.3 Å². The van der Waals surface area contributed by atoms with E-state index in [-0.39, 0.29) is 12.0 Å². The van der Waals surface area contributed by atoms with E-state index in [0.717, 1.165) is 31.9 Å². The molecule has 1 aromatic carbocycles. The smallest absolute Gasteiger partial charge is 0.264 e. The Balaban J connectivity index is 1.75. The van der Waals surface area contributed by atoms with E-state index in [9.17, 15) is 8.42 Å². The van der Waals surface area contributed by atoms with E-state index in [0.29, 0.717) is 19.6 Å². The maximum Gasteiger partial charge on any atom is 0.264 e. The SMILES string of the molecule is CS(=O)(=O)OCCC1(c2ccccc2)CCC2(CC1)OCCO2. The van der Waals surface area contributed by atoms with Crippen LogP contribution in [0, 0.1) is 0 Å². The molecule has 6 heteroatoms. The third-order valence-corrected chi connectivity index (χ3v) is 5.64. The zero-order valence-electron chi connectivity index (χ0n) is 13.5. The van der Waals surface area contributed by atoms with Crippen molar-refractivity contribution in [1.29, 1.82) is 0 Å². The summed E-state index contributed by atoms with van der Waals surface area (Å²) in [6.45, 7) is 1.54. The molecule has 3 rings (SSSR count). The molecule has 1 aliphatic heterocycles. The zero-order chi connectivity index (χ0) is 16.4. The fraction of sp³-hybridized carbons (Fsp3) is 0.647. The highest BCUT2D eigenvalue weighted by molar-refractivity contribution is 7.85. The average molecular weight is 340 g/mol. The Morgan fingerprint density at radius 2 is 1.65 bits per heavy atom. The summed E-state index contributed by atoms with van der Waals surface area (Å²) >= 11 is 0. The van der Waals surface area contributed by atoms with Gasteiger partial charge in [0.25, 0.3) is 10.1 Å². The van der Waals surface area contributed by atoms with Crippen molar-refractivity contribution >= 4 is 10.1 Å². The van der Waals surface area contributed by atoms with Gasteiger partial charge in [-0.05, 0) is 30.2 Å².